The van der Waals surface area contributed by atoms with Gasteiger partial charge in [-0.05, 0) is 30.3 Å². The maximum atomic E-state index is 12.1. The van der Waals surface area contributed by atoms with Gasteiger partial charge >= 0.3 is 0 Å². The van der Waals surface area contributed by atoms with E-state index in [1.54, 1.807) is 24.3 Å². The molecule has 0 saturated carbocycles. The summed E-state index contributed by atoms with van der Waals surface area (Å²) >= 11 is 12.0. The average Bonchev–Trinajstić information content (AvgIpc) is 2.38. The van der Waals surface area contributed by atoms with Crippen LogP contribution >= 0.6 is 23.2 Å². The van der Waals surface area contributed by atoms with Gasteiger partial charge in [-0.3, -0.25) is 4.79 Å². The summed E-state index contributed by atoms with van der Waals surface area (Å²) in [6.07, 6.45) is 0. The Bertz CT molecular complexity index is 827. The predicted octanol–water partition coefficient (Wildman–Crippen LogP) is 3.90. The van der Waals surface area contributed by atoms with Crippen LogP contribution in [0.15, 0.2) is 47.3 Å². The Kier molecular flexibility index (Phi) is 3.01. The van der Waals surface area contributed by atoms with E-state index in [9.17, 15) is 4.79 Å². The van der Waals surface area contributed by atoms with Crippen molar-refractivity contribution in [2.75, 3.05) is 0 Å². The fraction of sp³-hybridized carbons (Fsp3) is 0. The molecule has 94 valence electrons. The molecule has 0 aliphatic carbocycles. The van der Waals surface area contributed by atoms with E-state index in [0.717, 1.165) is 0 Å². The number of hydrogen-bond acceptors (Lipinski definition) is 2. The largest absolute Gasteiger partial charge is 0.319 e. The number of H-pyrrole nitrogens is 1. The summed E-state index contributed by atoms with van der Waals surface area (Å²) in [4.78, 5) is 19.2. The van der Waals surface area contributed by atoms with Crippen molar-refractivity contribution in [2.45, 2.75) is 0 Å². The van der Waals surface area contributed by atoms with Gasteiger partial charge in [0.2, 0.25) is 0 Å². The van der Waals surface area contributed by atoms with Gasteiger partial charge in [0, 0.05) is 10.6 Å². The first-order chi connectivity index (χ1) is 9.15. The molecule has 0 unspecified atom stereocenters. The van der Waals surface area contributed by atoms with Crippen LogP contribution in [-0.4, -0.2) is 9.97 Å². The van der Waals surface area contributed by atoms with E-state index in [4.69, 9.17) is 23.2 Å². The Hall–Kier alpha value is -1.84. The van der Waals surface area contributed by atoms with Crippen molar-refractivity contribution in [3.63, 3.8) is 0 Å². The topological polar surface area (TPSA) is 45.8 Å². The zero-order chi connectivity index (χ0) is 13.4. The van der Waals surface area contributed by atoms with Crippen LogP contribution in [0.3, 0.4) is 0 Å². The molecule has 0 aliphatic rings. The molecule has 0 saturated heterocycles. The van der Waals surface area contributed by atoms with Gasteiger partial charge in [0.15, 0.2) is 0 Å². The lowest BCUT2D eigenvalue weighted by Crippen LogP contribution is -2.11. The smallest absolute Gasteiger partial charge is 0.275 e. The number of fused-ring (bicyclic) bond motifs is 1. The number of aromatic nitrogens is 2. The Morgan fingerprint density at radius 3 is 2.63 bits per heavy atom. The third-order valence-electron chi connectivity index (χ3n) is 2.79. The molecule has 0 fully saturated rings. The Labute approximate surface area is 118 Å². The minimum Gasteiger partial charge on any atom is -0.319 e. The maximum Gasteiger partial charge on any atom is 0.275 e. The van der Waals surface area contributed by atoms with Gasteiger partial charge < -0.3 is 4.98 Å². The number of rotatable bonds is 1. The lowest BCUT2D eigenvalue weighted by molar-refractivity contribution is 1.22. The molecular weight excluding hydrogens is 283 g/mol. The summed E-state index contributed by atoms with van der Waals surface area (Å²) in [5, 5.41) is 0.923. The molecule has 0 amide bonds. The molecule has 0 aliphatic heterocycles. The minimum absolute atomic E-state index is 0.275. The van der Waals surface area contributed by atoms with Crippen LogP contribution in [0.5, 0.6) is 0 Å². The fourth-order valence-electron chi connectivity index (χ4n) is 1.89. The molecule has 0 bridgehead atoms. The van der Waals surface area contributed by atoms with Crippen molar-refractivity contribution >= 4 is 34.2 Å². The Morgan fingerprint density at radius 2 is 1.84 bits per heavy atom. The molecule has 1 aromatic heterocycles. The Morgan fingerprint density at radius 1 is 1.05 bits per heavy atom. The lowest BCUT2D eigenvalue weighted by atomic mass is 10.1. The molecule has 0 spiro atoms. The molecule has 2 aromatic carbocycles. The highest BCUT2D eigenvalue weighted by atomic mass is 35.5. The highest BCUT2D eigenvalue weighted by molar-refractivity contribution is 6.36. The summed E-state index contributed by atoms with van der Waals surface area (Å²) in [5.41, 5.74) is 1.99. The number of nitrogens with one attached hydrogen (secondary N) is 1. The summed E-state index contributed by atoms with van der Waals surface area (Å²) < 4.78 is 0. The van der Waals surface area contributed by atoms with Gasteiger partial charge in [-0.1, -0.05) is 35.3 Å². The average molecular weight is 291 g/mol. The molecule has 0 radical (unpaired) electrons. The van der Waals surface area contributed by atoms with E-state index >= 15 is 0 Å². The number of benzene rings is 2. The molecule has 3 rings (SSSR count). The van der Waals surface area contributed by atoms with E-state index in [0.29, 0.717) is 32.3 Å². The summed E-state index contributed by atoms with van der Waals surface area (Å²) in [5.74, 6) is 0. The zero-order valence-corrected chi connectivity index (χ0v) is 11.2. The third-order valence-corrected chi connectivity index (χ3v) is 3.33. The highest BCUT2D eigenvalue weighted by Crippen LogP contribution is 2.27. The van der Waals surface area contributed by atoms with Gasteiger partial charge in [-0.25, -0.2) is 4.98 Å². The van der Waals surface area contributed by atoms with Crippen LogP contribution in [0.2, 0.25) is 10.0 Å². The molecule has 19 heavy (non-hydrogen) atoms. The van der Waals surface area contributed by atoms with Crippen LogP contribution in [0, 0.1) is 0 Å². The number of halogens is 2. The van der Waals surface area contributed by atoms with Crippen LogP contribution in [0.1, 0.15) is 0 Å². The highest BCUT2D eigenvalue weighted by Gasteiger charge is 2.11. The zero-order valence-electron chi connectivity index (χ0n) is 9.65. The standard InChI is InChI=1S/C14H8Cl2N2O/c15-8-5-6-9(10(16)7-8)13-14(19)18-12-4-2-1-3-11(12)17-13/h1-7H,(H,18,19). The fourth-order valence-corrected chi connectivity index (χ4v) is 2.39. The van der Waals surface area contributed by atoms with Crippen LogP contribution < -0.4 is 5.56 Å². The SMILES string of the molecule is O=c1[nH]c2ccccc2nc1-c1ccc(Cl)cc1Cl. The third kappa shape index (κ3) is 2.23. The molecule has 3 nitrogen and oxygen atoms in total. The van der Waals surface area contributed by atoms with Gasteiger partial charge in [0.05, 0.1) is 16.1 Å². The molecule has 1 N–H and O–H groups in total. The monoisotopic (exact) mass is 290 g/mol. The molecule has 1 heterocycles. The van der Waals surface area contributed by atoms with Crippen molar-refractivity contribution in [3.05, 3.63) is 62.9 Å². The summed E-state index contributed by atoms with van der Waals surface area (Å²) in [6.45, 7) is 0. The molecule has 5 heteroatoms. The Balaban J connectivity index is 2.30. The first-order valence-corrected chi connectivity index (χ1v) is 6.35. The van der Waals surface area contributed by atoms with Crippen molar-refractivity contribution < 1.29 is 0 Å². The normalized spacial score (nSPS) is 10.8. The molecule has 0 atom stereocenters. The second-order valence-electron chi connectivity index (χ2n) is 4.06. The number of aromatic amines is 1. The number of para-hydroxylation sites is 2. The van der Waals surface area contributed by atoms with Gasteiger partial charge in [-0.15, -0.1) is 0 Å². The second kappa shape index (κ2) is 4.68. The second-order valence-corrected chi connectivity index (χ2v) is 4.90. The van der Waals surface area contributed by atoms with Gasteiger partial charge in [0.25, 0.3) is 5.56 Å². The van der Waals surface area contributed by atoms with Crippen molar-refractivity contribution in [3.8, 4) is 11.3 Å². The maximum absolute atomic E-state index is 12.1. The van der Waals surface area contributed by atoms with Crippen LogP contribution in [0.4, 0.5) is 0 Å². The first kappa shape index (κ1) is 12.2. The van der Waals surface area contributed by atoms with E-state index in [1.807, 2.05) is 18.2 Å². The van der Waals surface area contributed by atoms with E-state index in [2.05, 4.69) is 9.97 Å². The minimum atomic E-state index is -0.275. The number of nitrogens with zero attached hydrogens (tertiary/aromatic N) is 1. The first-order valence-electron chi connectivity index (χ1n) is 5.59. The van der Waals surface area contributed by atoms with Crippen molar-refractivity contribution in [1.82, 2.24) is 9.97 Å². The van der Waals surface area contributed by atoms with Gasteiger partial charge in [-0.2, -0.15) is 0 Å². The van der Waals surface area contributed by atoms with Crippen molar-refractivity contribution in [1.29, 1.82) is 0 Å². The van der Waals surface area contributed by atoms with Crippen LogP contribution in [-0.2, 0) is 0 Å². The lowest BCUT2D eigenvalue weighted by Gasteiger charge is -2.05. The van der Waals surface area contributed by atoms with E-state index < -0.39 is 0 Å². The van der Waals surface area contributed by atoms with Crippen molar-refractivity contribution in [2.24, 2.45) is 0 Å². The summed E-state index contributed by atoms with van der Waals surface area (Å²) in [6, 6.07) is 12.3. The molecule has 3 aromatic rings. The molecular formula is C14H8Cl2N2O. The van der Waals surface area contributed by atoms with Gasteiger partial charge in [0.1, 0.15) is 5.69 Å². The predicted molar refractivity (Wildman–Crippen MR) is 77.8 cm³/mol. The quantitative estimate of drug-likeness (QED) is 0.739. The van der Waals surface area contributed by atoms with E-state index in [-0.39, 0.29) is 5.56 Å². The summed E-state index contributed by atoms with van der Waals surface area (Å²) in [7, 11) is 0. The van der Waals surface area contributed by atoms with E-state index in [1.165, 1.54) is 0 Å². The number of hydrogen-bond donors (Lipinski definition) is 1. The van der Waals surface area contributed by atoms with Crippen LogP contribution in [0.25, 0.3) is 22.3 Å².